The van der Waals surface area contributed by atoms with Crippen LogP contribution in [0.5, 0.6) is 5.75 Å². The van der Waals surface area contributed by atoms with E-state index in [1.54, 1.807) is 12.1 Å². The number of benzene rings is 2. The summed E-state index contributed by atoms with van der Waals surface area (Å²) < 4.78 is 0. The van der Waals surface area contributed by atoms with Gasteiger partial charge >= 0.3 is 0 Å². The first-order valence-corrected chi connectivity index (χ1v) is 7.00. The molecule has 4 heteroatoms. The molecule has 1 aliphatic rings. The minimum Gasteiger partial charge on any atom is -0.508 e. The van der Waals surface area contributed by atoms with Gasteiger partial charge in [-0.05, 0) is 30.2 Å². The largest absolute Gasteiger partial charge is 0.508 e. The molecule has 2 aromatic rings. The average molecular weight is 281 g/mol. The van der Waals surface area contributed by atoms with Crippen LogP contribution < -0.4 is 5.73 Å². The van der Waals surface area contributed by atoms with Gasteiger partial charge in [-0.15, -0.1) is 0 Å². The highest BCUT2D eigenvalue weighted by Crippen LogP contribution is 2.34. The molecule has 0 saturated carbocycles. The van der Waals surface area contributed by atoms with Crippen LogP contribution in [0, 0.1) is 0 Å². The number of guanidine groups is 1. The van der Waals surface area contributed by atoms with Crippen LogP contribution in [0.15, 0.2) is 59.6 Å². The van der Waals surface area contributed by atoms with E-state index in [4.69, 9.17) is 5.73 Å². The summed E-state index contributed by atoms with van der Waals surface area (Å²) in [6.45, 7) is 3.47. The van der Waals surface area contributed by atoms with Crippen molar-refractivity contribution in [2.45, 2.75) is 19.0 Å². The van der Waals surface area contributed by atoms with E-state index in [2.05, 4.69) is 28.9 Å². The van der Waals surface area contributed by atoms with E-state index in [9.17, 15) is 5.11 Å². The Hall–Kier alpha value is -2.49. The normalized spacial score (nSPS) is 21.4. The van der Waals surface area contributed by atoms with E-state index in [0.29, 0.717) is 19.0 Å². The Labute approximate surface area is 124 Å². The van der Waals surface area contributed by atoms with E-state index in [0.717, 1.165) is 5.56 Å². The van der Waals surface area contributed by atoms with E-state index >= 15 is 0 Å². The minimum absolute atomic E-state index is 0.267. The Kier molecular flexibility index (Phi) is 3.29. The van der Waals surface area contributed by atoms with Gasteiger partial charge in [0.25, 0.3) is 0 Å². The zero-order chi connectivity index (χ0) is 14.9. The highest BCUT2D eigenvalue weighted by atomic mass is 16.3. The van der Waals surface area contributed by atoms with Gasteiger partial charge in [0, 0.05) is 6.54 Å². The van der Waals surface area contributed by atoms with Crippen molar-refractivity contribution in [3.8, 4) is 5.75 Å². The second kappa shape index (κ2) is 5.13. The van der Waals surface area contributed by atoms with E-state index in [1.165, 1.54) is 5.56 Å². The number of phenolic OH excluding ortho intramolecular Hbond substituents is 1. The van der Waals surface area contributed by atoms with Gasteiger partial charge in [-0.3, -0.25) is 4.99 Å². The molecule has 0 fully saturated rings. The molecule has 0 aliphatic carbocycles. The lowest BCUT2D eigenvalue weighted by Gasteiger charge is -2.36. The summed E-state index contributed by atoms with van der Waals surface area (Å²) >= 11 is 0. The SMILES string of the molecule is CC1(c2ccc(O)cc2)CN=C(N)N1Cc1ccccc1. The van der Waals surface area contributed by atoms with Gasteiger partial charge in [0.05, 0.1) is 12.1 Å². The van der Waals surface area contributed by atoms with E-state index < -0.39 is 0 Å². The van der Waals surface area contributed by atoms with Crippen LogP contribution in [-0.4, -0.2) is 22.5 Å². The molecule has 2 aromatic carbocycles. The van der Waals surface area contributed by atoms with Gasteiger partial charge in [-0.1, -0.05) is 42.5 Å². The van der Waals surface area contributed by atoms with Gasteiger partial charge in [0.1, 0.15) is 5.75 Å². The summed E-state index contributed by atoms with van der Waals surface area (Å²) in [5.74, 6) is 0.832. The van der Waals surface area contributed by atoms with E-state index in [1.807, 2.05) is 30.3 Å². The molecular weight excluding hydrogens is 262 g/mol. The molecule has 108 valence electrons. The van der Waals surface area contributed by atoms with Gasteiger partial charge in [-0.2, -0.15) is 0 Å². The molecule has 0 radical (unpaired) electrons. The summed E-state index contributed by atoms with van der Waals surface area (Å²) in [7, 11) is 0. The van der Waals surface area contributed by atoms with Gasteiger partial charge < -0.3 is 15.7 Å². The van der Waals surface area contributed by atoms with Crippen molar-refractivity contribution in [3.05, 3.63) is 65.7 Å². The molecule has 0 amide bonds. The second-order valence-electron chi connectivity index (χ2n) is 5.57. The first-order chi connectivity index (χ1) is 10.1. The standard InChI is InChI=1S/C17H19N3O/c1-17(14-7-9-15(21)10-8-14)12-19-16(18)20(17)11-13-5-3-2-4-6-13/h2-10,21H,11-12H2,1H3,(H2,18,19). The number of aromatic hydroxyl groups is 1. The lowest BCUT2D eigenvalue weighted by Crippen LogP contribution is -2.46. The number of rotatable bonds is 3. The summed E-state index contributed by atoms with van der Waals surface area (Å²) in [5, 5.41) is 9.47. The Bertz CT molecular complexity index is 651. The predicted molar refractivity (Wildman–Crippen MR) is 83.9 cm³/mol. The Morgan fingerprint density at radius 2 is 1.81 bits per heavy atom. The van der Waals surface area contributed by atoms with Crippen molar-refractivity contribution in [2.24, 2.45) is 10.7 Å². The van der Waals surface area contributed by atoms with Crippen molar-refractivity contribution >= 4 is 5.96 Å². The highest BCUT2D eigenvalue weighted by Gasteiger charge is 2.39. The number of aliphatic imine (C=N–C) groups is 1. The number of nitrogens with zero attached hydrogens (tertiary/aromatic N) is 2. The van der Waals surface area contributed by atoms with Crippen LogP contribution in [-0.2, 0) is 12.1 Å². The van der Waals surface area contributed by atoms with Crippen molar-refractivity contribution in [1.82, 2.24) is 4.90 Å². The first kappa shape index (κ1) is 13.5. The lowest BCUT2D eigenvalue weighted by molar-refractivity contribution is 0.217. The fourth-order valence-corrected chi connectivity index (χ4v) is 2.75. The maximum Gasteiger partial charge on any atom is 0.192 e. The molecule has 0 saturated heterocycles. The van der Waals surface area contributed by atoms with Crippen LogP contribution in [0.3, 0.4) is 0 Å². The zero-order valence-corrected chi connectivity index (χ0v) is 12.0. The van der Waals surface area contributed by atoms with Crippen LogP contribution in [0.1, 0.15) is 18.1 Å². The number of hydrogen-bond donors (Lipinski definition) is 2. The molecule has 4 nitrogen and oxygen atoms in total. The quantitative estimate of drug-likeness (QED) is 0.908. The fraction of sp³-hybridized carbons (Fsp3) is 0.235. The Morgan fingerprint density at radius 3 is 2.48 bits per heavy atom. The number of phenols is 1. The molecular formula is C17H19N3O. The van der Waals surface area contributed by atoms with Crippen molar-refractivity contribution in [1.29, 1.82) is 0 Å². The van der Waals surface area contributed by atoms with Gasteiger partial charge in [-0.25, -0.2) is 0 Å². The zero-order valence-electron chi connectivity index (χ0n) is 12.0. The number of hydrogen-bond acceptors (Lipinski definition) is 4. The summed E-state index contributed by atoms with van der Waals surface area (Å²) in [4.78, 5) is 6.54. The molecule has 1 aliphatic heterocycles. The van der Waals surface area contributed by atoms with Crippen molar-refractivity contribution in [2.75, 3.05) is 6.54 Å². The average Bonchev–Trinajstić information content (AvgIpc) is 2.78. The predicted octanol–water partition coefficient (Wildman–Crippen LogP) is 2.44. The third-order valence-corrected chi connectivity index (χ3v) is 4.09. The number of nitrogens with two attached hydrogens (primary N) is 1. The maximum absolute atomic E-state index is 9.47. The second-order valence-corrected chi connectivity index (χ2v) is 5.57. The molecule has 1 heterocycles. The maximum atomic E-state index is 9.47. The molecule has 1 unspecified atom stereocenters. The lowest BCUT2D eigenvalue weighted by atomic mass is 9.90. The third-order valence-electron chi connectivity index (χ3n) is 4.09. The molecule has 0 spiro atoms. The monoisotopic (exact) mass is 281 g/mol. The molecule has 3 rings (SSSR count). The van der Waals surface area contributed by atoms with Crippen LogP contribution in [0.4, 0.5) is 0 Å². The van der Waals surface area contributed by atoms with Gasteiger partial charge in [0.2, 0.25) is 0 Å². The van der Waals surface area contributed by atoms with Crippen LogP contribution in [0.25, 0.3) is 0 Å². The molecule has 3 N–H and O–H groups in total. The summed E-state index contributed by atoms with van der Waals surface area (Å²) in [6.07, 6.45) is 0. The minimum atomic E-state index is -0.284. The third kappa shape index (κ3) is 2.44. The Morgan fingerprint density at radius 1 is 1.14 bits per heavy atom. The summed E-state index contributed by atoms with van der Waals surface area (Å²) in [5.41, 5.74) is 8.11. The topological polar surface area (TPSA) is 61.9 Å². The van der Waals surface area contributed by atoms with Gasteiger partial charge in [0.15, 0.2) is 5.96 Å². The molecule has 1 atom stereocenters. The smallest absolute Gasteiger partial charge is 0.192 e. The summed E-state index contributed by atoms with van der Waals surface area (Å²) in [6, 6.07) is 17.5. The van der Waals surface area contributed by atoms with Crippen molar-refractivity contribution < 1.29 is 5.11 Å². The fourth-order valence-electron chi connectivity index (χ4n) is 2.75. The van der Waals surface area contributed by atoms with Crippen LogP contribution in [0.2, 0.25) is 0 Å². The van der Waals surface area contributed by atoms with E-state index in [-0.39, 0.29) is 11.3 Å². The molecule has 0 bridgehead atoms. The Balaban J connectivity index is 1.92. The molecule has 21 heavy (non-hydrogen) atoms. The first-order valence-electron chi connectivity index (χ1n) is 7.00. The highest BCUT2D eigenvalue weighted by molar-refractivity contribution is 5.81. The molecule has 0 aromatic heterocycles. The van der Waals surface area contributed by atoms with Crippen molar-refractivity contribution in [3.63, 3.8) is 0 Å². The van der Waals surface area contributed by atoms with Crippen LogP contribution >= 0.6 is 0 Å².